The second-order valence-electron chi connectivity index (χ2n) is 9.64. The second kappa shape index (κ2) is 20.4. The van der Waals surface area contributed by atoms with E-state index in [1.54, 1.807) is 0 Å². The van der Waals surface area contributed by atoms with Crippen molar-refractivity contribution in [3.05, 3.63) is 0 Å². The van der Waals surface area contributed by atoms with Gasteiger partial charge in [-0.2, -0.15) is 67.3 Å². The molecule has 1 saturated heterocycles. The Kier molecular flexibility index (Phi) is 19.4. The zero-order valence-electron chi connectivity index (χ0n) is 26.4. The van der Waals surface area contributed by atoms with Crippen LogP contribution in [0.15, 0.2) is 0 Å². The van der Waals surface area contributed by atoms with Gasteiger partial charge in [0.1, 0.15) is 42.7 Å². The molecule has 0 radical (unpaired) electrons. The van der Waals surface area contributed by atoms with E-state index in [1.807, 2.05) is 0 Å². The Morgan fingerprint density at radius 3 is 1.22 bits per heavy atom. The molecule has 1 unspecified atom stereocenters. The maximum absolute atomic E-state index is 11.8. The van der Waals surface area contributed by atoms with Crippen LogP contribution in [0.1, 0.15) is 0 Å². The van der Waals surface area contributed by atoms with Gasteiger partial charge in [0.2, 0.25) is 0 Å². The van der Waals surface area contributed by atoms with Crippen molar-refractivity contribution in [1.29, 1.82) is 0 Å². The molecule has 0 aromatic heterocycles. The molecule has 37 nitrogen and oxygen atoms in total. The molecule has 0 aromatic carbocycles. The van der Waals surface area contributed by atoms with Crippen molar-refractivity contribution in [2.24, 2.45) is 0 Å². The lowest BCUT2D eigenvalue weighted by Gasteiger charge is -2.44. The van der Waals surface area contributed by atoms with Crippen LogP contribution in [0.3, 0.4) is 0 Å². The molecule has 1 heterocycles. The summed E-state index contributed by atoms with van der Waals surface area (Å²) in [5.41, 5.74) is 0. The Morgan fingerprint density at radius 2 is 0.879 bits per heavy atom. The zero-order valence-corrected chi connectivity index (χ0v) is 33.8. The van der Waals surface area contributed by atoms with Gasteiger partial charge in [0, 0.05) is 0 Å². The summed E-state index contributed by atoms with van der Waals surface area (Å²) >= 11 is -3.97. The summed E-state index contributed by atoms with van der Waals surface area (Å²) in [5, 5.41) is 0. The molecule has 348 valence electrons. The van der Waals surface area contributed by atoms with E-state index < -0.39 is 169 Å². The fourth-order valence-corrected chi connectivity index (χ4v) is 7.94. The molecule has 58 heavy (non-hydrogen) atoms. The monoisotopic (exact) mass is 1050 g/mol. The number of rotatable bonds is 26. The van der Waals surface area contributed by atoms with Gasteiger partial charge in [-0.3, -0.25) is 40.6 Å². The van der Waals surface area contributed by atoms with Gasteiger partial charge in [-0.15, -0.1) is 0 Å². The van der Waals surface area contributed by atoms with Gasteiger partial charge in [0.05, 0.1) is 31.2 Å². The van der Waals surface area contributed by atoms with Crippen molar-refractivity contribution in [2.75, 3.05) is 19.8 Å². The van der Waals surface area contributed by atoms with Gasteiger partial charge in [-0.1, -0.05) is 0 Å². The lowest BCUT2D eigenvalue weighted by molar-refractivity contribution is -0.291. The van der Waals surface area contributed by atoms with E-state index >= 15 is 0 Å². The number of hydrogen-bond acceptors (Lipinski definition) is 29. The van der Waals surface area contributed by atoms with E-state index in [1.165, 1.54) is 0 Å². The lowest BCUT2D eigenvalue weighted by atomic mass is 9.99. The highest BCUT2D eigenvalue weighted by Gasteiger charge is 2.54. The third-order valence-electron chi connectivity index (χ3n) is 5.45. The summed E-state index contributed by atoms with van der Waals surface area (Å²) < 4.78 is 327. The molecule has 0 aromatic rings. The van der Waals surface area contributed by atoms with E-state index in [0.29, 0.717) is 0 Å². The Morgan fingerprint density at radius 1 is 0.500 bits per heavy atom. The summed E-state index contributed by atoms with van der Waals surface area (Å²) in [6.07, 6.45) is -29.8. The predicted molar refractivity (Wildman–Crippen MR) is 162 cm³/mol. The van der Waals surface area contributed by atoms with Crippen molar-refractivity contribution >= 4 is 94.6 Å². The summed E-state index contributed by atoms with van der Waals surface area (Å²) in [5.74, 6) is 0. The molecule has 1 aliphatic heterocycles. The summed E-state index contributed by atoms with van der Waals surface area (Å²) in [4.78, 5) is 0. The van der Waals surface area contributed by atoms with E-state index in [0.717, 1.165) is 0 Å². The highest BCUT2D eigenvalue weighted by Crippen LogP contribution is 2.33. The van der Waals surface area contributed by atoms with Crippen LogP contribution in [0.2, 0.25) is 0 Å². The van der Waals surface area contributed by atoms with Crippen LogP contribution in [0.25, 0.3) is 0 Å². The third-order valence-corrected chi connectivity index (χ3v) is 9.54. The fraction of sp³-hybridized carbons (Fsp3) is 1.00. The minimum absolute atomic E-state index is 1.84. The Bertz CT molecular complexity index is 2330. The van der Waals surface area contributed by atoms with Crippen LogP contribution in [0.5, 0.6) is 0 Å². The van der Waals surface area contributed by atoms with Crippen LogP contribution in [-0.4, -0.2) is 187 Å². The lowest BCUT2D eigenvalue weighted by Crippen LogP contribution is -2.63. The molecular formula is C12H23O37S9-. The van der Waals surface area contributed by atoms with Crippen LogP contribution < -0.4 is 0 Å². The minimum atomic E-state index is -6.40. The highest BCUT2D eigenvalue weighted by atomic mass is 32.3. The average molecular weight is 1050 g/mol. The van der Waals surface area contributed by atoms with E-state index in [9.17, 15) is 98.9 Å². The molecule has 8 N–H and O–H groups in total. The quantitative estimate of drug-likeness (QED) is 0.0295. The topological polar surface area (TPSA) is 577 Å². The number of hydrogen-bond donors (Lipinski definition) is 8. The Balaban J connectivity index is 4.20. The predicted octanol–water partition coefficient (Wildman–Crippen LogP) is -7.33. The van der Waals surface area contributed by atoms with Gasteiger partial charge < -0.3 is 14.0 Å². The maximum atomic E-state index is 11.8. The van der Waals surface area contributed by atoms with Gasteiger partial charge in [0.15, 0.2) is 12.4 Å². The molecular weight excluding hydrogens is 1020 g/mol. The normalized spacial score (nSPS) is 24.7. The van der Waals surface area contributed by atoms with E-state index in [4.69, 9.17) is 23.1 Å². The minimum Gasteiger partial charge on any atom is -0.750 e. The summed E-state index contributed by atoms with van der Waals surface area (Å²) in [7, 11) is -49.0. The first-order chi connectivity index (χ1) is 25.5. The highest BCUT2D eigenvalue weighted by molar-refractivity contribution is 7.82. The van der Waals surface area contributed by atoms with Gasteiger partial charge >= 0.3 is 83.2 Å². The van der Waals surface area contributed by atoms with Gasteiger partial charge in [0.25, 0.3) is 0 Å². The second-order valence-corrected chi connectivity index (χ2v) is 18.7. The first kappa shape index (κ1) is 55.0. The third kappa shape index (κ3) is 23.8. The van der Waals surface area contributed by atoms with Crippen molar-refractivity contribution in [2.45, 2.75) is 55.1 Å². The molecule has 0 saturated carbocycles. The fourth-order valence-electron chi connectivity index (χ4n) is 3.95. The molecule has 0 bridgehead atoms. The van der Waals surface area contributed by atoms with Crippen molar-refractivity contribution in [1.82, 2.24) is 0 Å². The van der Waals surface area contributed by atoms with Gasteiger partial charge in [-0.25, -0.2) is 37.7 Å². The molecule has 0 spiro atoms. The first-order valence-electron chi connectivity index (χ1n) is 12.7. The van der Waals surface area contributed by atoms with E-state index in [2.05, 4.69) is 37.6 Å². The SMILES string of the molecule is O=S([O-])O[C@H]1[C@H](OS(=O)(=O)O)[C@@H](OS(=O)(=O)O)[C@H](OC[C@@H](OS(=O)(=O)O)[C@@H](OS(=O)(=O)O)[C@H](OS(=O)(=O)O)[C@@H](COS(=O)(=O)O)OS(=O)(=O)O)O[C@@H]1COS(=O)(=O)O. The smallest absolute Gasteiger partial charge is 0.397 e. The van der Waals surface area contributed by atoms with Crippen molar-refractivity contribution < 1.29 is 160 Å². The molecule has 1 aliphatic rings. The largest absolute Gasteiger partial charge is 0.750 e. The van der Waals surface area contributed by atoms with Crippen LogP contribution in [-0.2, 0) is 142 Å². The Labute approximate surface area is 327 Å². The molecule has 46 heteroatoms. The van der Waals surface area contributed by atoms with E-state index in [-0.39, 0.29) is 0 Å². The standard InChI is InChI=1S/C12H24O37S9/c13-50(14)43-7-4(2-40-51(15,16)17)42-12(11(49-58(36,37)38)10(7)48-57(33,34)35)39-1-5(44-53(21,22)23)8(46-55(27,28)29)9(47-56(30,31)32)6(45-54(24,25)26)3-41-52(18,19)20/h4-12H,1-3H2,(H,13,14)(H,15,16,17)(H,18,19,20)(H,21,22,23)(H,24,25,26)(H,27,28,29)(H,30,31,32)(H,33,34,35)(H,36,37,38)/p-1/t4-,5-,6-,7-,8-,9-,10+,11-,12-/m1/s1. The number of ether oxygens (including phenoxy) is 2. The summed E-state index contributed by atoms with van der Waals surface area (Å²) in [6.45, 7) is -6.40. The molecule has 1 fully saturated rings. The molecule has 10 atom stereocenters. The summed E-state index contributed by atoms with van der Waals surface area (Å²) in [6, 6.07) is 0. The van der Waals surface area contributed by atoms with Crippen LogP contribution >= 0.6 is 0 Å². The maximum Gasteiger partial charge on any atom is 0.397 e. The first-order valence-corrected chi connectivity index (χ1v) is 24.7. The molecule has 0 aliphatic carbocycles. The zero-order chi connectivity index (χ0) is 45.7. The van der Waals surface area contributed by atoms with Crippen LogP contribution in [0.4, 0.5) is 0 Å². The van der Waals surface area contributed by atoms with Crippen molar-refractivity contribution in [3.8, 4) is 0 Å². The molecule has 1 rings (SSSR count). The van der Waals surface area contributed by atoms with Crippen molar-refractivity contribution in [3.63, 3.8) is 0 Å². The van der Waals surface area contributed by atoms with Gasteiger partial charge in [-0.05, 0) is 0 Å². The van der Waals surface area contributed by atoms with Crippen LogP contribution in [0, 0.1) is 0 Å². The molecule has 0 amide bonds. The Hall–Kier alpha value is -1.05. The average Bonchev–Trinajstić information content (AvgIpc) is 2.92.